The van der Waals surface area contributed by atoms with E-state index in [1.54, 1.807) is 13.8 Å². The van der Waals surface area contributed by atoms with Gasteiger partial charge in [0.2, 0.25) is 0 Å². The lowest BCUT2D eigenvalue weighted by molar-refractivity contribution is -0.142. The molecule has 228 valence electrons. The Labute approximate surface area is 241 Å². The second-order valence-corrected chi connectivity index (χ2v) is 12.8. The fourth-order valence-corrected chi connectivity index (χ4v) is 7.97. The Bertz CT molecular complexity index is 1350. The number of piperidine rings is 1. The van der Waals surface area contributed by atoms with Gasteiger partial charge in [-0.25, -0.2) is 0 Å². The molecule has 2 unspecified atom stereocenters. The minimum atomic E-state index is -4.75. The lowest BCUT2D eigenvalue weighted by atomic mass is 9.81. The molecule has 0 aromatic heterocycles. The number of rotatable bonds is 7. The van der Waals surface area contributed by atoms with E-state index in [2.05, 4.69) is 0 Å². The van der Waals surface area contributed by atoms with Gasteiger partial charge < -0.3 is 9.84 Å². The number of carboxylic acids is 1. The second kappa shape index (κ2) is 10.5. The predicted octanol–water partition coefficient (Wildman–Crippen LogP) is 8.10. The third-order valence-corrected chi connectivity index (χ3v) is 10.3. The molecule has 6 rings (SSSR count). The van der Waals surface area contributed by atoms with Gasteiger partial charge in [-0.3, -0.25) is 9.69 Å². The monoisotopic (exact) mass is 595 g/mol. The van der Waals surface area contributed by atoms with E-state index in [1.165, 1.54) is 0 Å². The van der Waals surface area contributed by atoms with Crippen molar-refractivity contribution in [2.75, 3.05) is 6.54 Å². The number of nitrogens with zero attached hydrogens (tertiary/aromatic N) is 1. The molecular weight excluding hydrogens is 560 g/mol. The number of alkyl halides is 6. The van der Waals surface area contributed by atoms with E-state index >= 15 is 0 Å². The number of hydrogen-bond acceptors (Lipinski definition) is 3. The molecule has 2 aliphatic carbocycles. The molecule has 1 N–H and O–H groups in total. The summed E-state index contributed by atoms with van der Waals surface area (Å²) < 4.78 is 88.2. The number of fused-ring (bicyclic) bond motifs is 3. The largest absolute Gasteiger partial charge is 0.490 e. The molecule has 3 fully saturated rings. The van der Waals surface area contributed by atoms with E-state index in [-0.39, 0.29) is 35.5 Å². The number of benzene rings is 2. The smallest absolute Gasteiger partial charge is 0.416 e. The lowest BCUT2D eigenvalue weighted by Gasteiger charge is -2.40. The van der Waals surface area contributed by atoms with Gasteiger partial charge in [0, 0.05) is 24.5 Å². The van der Waals surface area contributed by atoms with Crippen LogP contribution in [0.4, 0.5) is 26.3 Å². The normalized spacial score (nSPS) is 28.2. The Morgan fingerprint density at radius 3 is 2.31 bits per heavy atom. The molecule has 0 amide bonds. The summed E-state index contributed by atoms with van der Waals surface area (Å²) in [6.07, 6.45) is -4.35. The van der Waals surface area contributed by atoms with Crippen LogP contribution < -0.4 is 4.74 Å². The summed E-state index contributed by atoms with van der Waals surface area (Å²) in [7, 11) is 0. The average molecular weight is 596 g/mol. The first kappa shape index (κ1) is 29.3. The van der Waals surface area contributed by atoms with Gasteiger partial charge >= 0.3 is 18.3 Å². The van der Waals surface area contributed by atoms with Crippen LogP contribution in [0.1, 0.15) is 85.7 Å². The number of hydrogen-bond donors (Lipinski definition) is 1. The van der Waals surface area contributed by atoms with Crippen molar-refractivity contribution in [2.45, 2.75) is 88.8 Å². The number of likely N-dealkylation sites (tertiary alicyclic amines) is 1. The third-order valence-electron chi connectivity index (χ3n) is 10.3. The van der Waals surface area contributed by atoms with E-state index < -0.39 is 41.4 Å². The highest BCUT2D eigenvalue weighted by molar-refractivity contribution is 5.71. The van der Waals surface area contributed by atoms with Crippen molar-refractivity contribution in [2.24, 2.45) is 23.7 Å². The summed E-state index contributed by atoms with van der Waals surface area (Å²) in [5.74, 6) is 0.168. The molecule has 10 heteroatoms. The molecular formula is C32H35F6NO3. The lowest BCUT2D eigenvalue weighted by Crippen LogP contribution is -2.43. The third kappa shape index (κ3) is 5.40. The molecule has 0 spiro atoms. The van der Waals surface area contributed by atoms with Crippen LogP contribution in [0.25, 0.3) is 0 Å². The van der Waals surface area contributed by atoms with Gasteiger partial charge in [0.1, 0.15) is 11.9 Å². The Hall–Kier alpha value is -2.75. The maximum atomic E-state index is 13.8. The van der Waals surface area contributed by atoms with E-state index in [1.807, 2.05) is 23.1 Å². The fourth-order valence-electron chi connectivity index (χ4n) is 7.97. The summed E-state index contributed by atoms with van der Waals surface area (Å²) >= 11 is 0. The SMILES string of the molecule is C[C@H](C(=O)O)[C@H](c1ccc2c(c1)OC(C1C[C@@H]3C[C@@H]1CN3[C@@H](C)c1cc(C(F)(F)F)ccc1C(F)(F)F)CC2)C1CC1. The van der Waals surface area contributed by atoms with Crippen LogP contribution in [0.5, 0.6) is 5.75 Å². The minimum Gasteiger partial charge on any atom is -0.490 e. The van der Waals surface area contributed by atoms with Gasteiger partial charge in [-0.05, 0) is 104 Å². The molecule has 42 heavy (non-hydrogen) atoms. The number of carboxylic acid groups (broad SMARTS) is 1. The zero-order valence-corrected chi connectivity index (χ0v) is 23.5. The Morgan fingerprint density at radius 1 is 0.976 bits per heavy atom. The number of halogens is 6. The van der Waals surface area contributed by atoms with Crippen molar-refractivity contribution >= 4 is 5.97 Å². The van der Waals surface area contributed by atoms with Gasteiger partial charge in [-0.1, -0.05) is 19.1 Å². The van der Waals surface area contributed by atoms with Gasteiger partial charge in [-0.15, -0.1) is 0 Å². The molecule has 4 nitrogen and oxygen atoms in total. The van der Waals surface area contributed by atoms with Crippen molar-refractivity contribution in [3.63, 3.8) is 0 Å². The van der Waals surface area contributed by atoms with Crippen LogP contribution in [0.2, 0.25) is 0 Å². The van der Waals surface area contributed by atoms with Crippen molar-refractivity contribution < 1.29 is 41.0 Å². The Balaban J connectivity index is 1.18. The highest BCUT2D eigenvalue weighted by Crippen LogP contribution is 2.52. The van der Waals surface area contributed by atoms with Gasteiger partial charge in [0.25, 0.3) is 0 Å². The molecule has 2 aliphatic heterocycles. The predicted molar refractivity (Wildman–Crippen MR) is 143 cm³/mol. The van der Waals surface area contributed by atoms with Crippen LogP contribution in [-0.4, -0.2) is 34.7 Å². The first-order valence-corrected chi connectivity index (χ1v) is 14.8. The highest BCUT2D eigenvalue weighted by atomic mass is 19.4. The van der Waals surface area contributed by atoms with Gasteiger partial charge in [0.05, 0.1) is 17.0 Å². The summed E-state index contributed by atoms with van der Waals surface area (Å²) in [5.41, 5.74) is -0.351. The van der Waals surface area contributed by atoms with Gasteiger partial charge in [0.15, 0.2) is 0 Å². The van der Waals surface area contributed by atoms with Gasteiger partial charge in [-0.2, -0.15) is 26.3 Å². The molecule has 2 saturated carbocycles. The molecule has 2 aromatic rings. The zero-order valence-electron chi connectivity index (χ0n) is 23.5. The standard InChI is InChI=1S/C32H35F6NO3/c1-16(30(40)41)29(19-4-5-19)20-6-3-18-7-10-27(42-28(18)12-20)25-14-23-11-21(25)15-39(23)17(2)24-13-22(31(33,34)35)8-9-26(24)32(36,37)38/h3,6,8-9,12-13,16-17,19,21,23,25,27,29H,4-5,7,10-11,14-15H2,1-2H3,(H,40,41)/t16-,17-,21+,23-,25?,27?,29-/m0/s1. The molecule has 0 radical (unpaired) electrons. The quantitative estimate of drug-likeness (QED) is 0.329. The Kier molecular flexibility index (Phi) is 7.30. The van der Waals surface area contributed by atoms with Crippen molar-refractivity contribution in [1.82, 2.24) is 4.90 Å². The van der Waals surface area contributed by atoms with Crippen LogP contribution in [-0.2, 0) is 23.6 Å². The molecule has 1 saturated heterocycles. The molecule has 7 atom stereocenters. The maximum Gasteiger partial charge on any atom is 0.416 e. The van der Waals surface area contributed by atoms with Crippen LogP contribution in [0.3, 0.4) is 0 Å². The molecule has 2 heterocycles. The number of aryl methyl sites for hydroxylation is 1. The topological polar surface area (TPSA) is 49.8 Å². The van der Waals surface area contributed by atoms with E-state index in [0.29, 0.717) is 30.7 Å². The van der Waals surface area contributed by atoms with Crippen molar-refractivity contribution in [3.05, 3.63) is 64.2 Å². The van der Waals surface area contributed by atoms with Crippen LogP contribution in [0.15, 0.2) is 36.4 Å². The maximum absolute atomic E-state index is 13.8. The second-order valence-electron chi connectivity index (χ2n) is 12.8. The average Bonchev–Trinajstić information content (AvgIpc) is 3.55. The summed E-state index contributed by atoms with van der Waals surface area (Å²) in [5, 5.41) is 9.67. The first-order chi connectivity index (χ1) is 19.7. The van der Waals surface area contributed by atoms with Crippen LogP contribution in [0, 0.1) is 23.7 Å². The molecule has 2 aromatic carbocycles. The summed E-state index contributed by atoms with van der Waals surface area (Å²) in [4.78, 5) is 13.7. The van der Waals surface area contributed by atoms with E-state index in [0.717, 1.165) is 55.4 Å². The van der Waals surface area contributed by atoms with Crippen molar-refractivity contribution in [3.8, 4) is 5.75 Å². The molecule has 2 bridgehead atoms. The fraction of sp³-hybridized carbons (Fsp3) is 0.594. The zero-order chi connectivity index (χ0) is 30.1. The summed E-state index contributed by atoms with van der Waals surface area (Å²) in [6, 6.07) is 6.96. The first-order valence-electron chi connectivity index (χ1n) is 14.8. The van der Waals surface area contributed by atoms with Crippen molar-refractivity contribution in [1.29, 1.82) is 0 Å². The van der Waals surface area contributed by atoms with E-state index in [9.17, 15) is 36.2 Å². The Morgan fingerprint density at radius 2 is 1.71 bits per heavy atom. The number of aliphatic carboxylic acids is 1. The number of carbonyl (C=O) groups is 1. The molecule has 4 aliphatic rings. The minimum absolute atomic E-state index is 0.0300. The summed E-state index contributed by atoms with van der Waals surface area (Å²) in [6.45, 7) is 3.84. The number of ether oxygens (including phenoxy) is 1. The van der Waals surface area contributed by atoms with E-state index in [4.69, 9.17) is 4.74 Å². The van der Waals surface area contributed by atoms with Crippen LogP contribution >= 0.6 is 0 Å². The highest BCUT2D eigenvalue weighted by Gasteiger charge is 2.51.